The number of carbonyl (C=O) groups is 4. The summed E-state index contributed by atoms with van der Waals surface area (Å²) in [7, 11) is 0. The topological polar surface area (TPSA) is 92.8 Å². The number of fused-ring (bicyclic) bond motifs is 3. The number of hydrogen-bond donors (Lipinski definition) is 1. The molecular weight excluding hydrogens is 396 g/mol. The smallest absolute Gasteiger partial charge is 0.331 e. The number of carbonyl (C=O) groups excluding carboxylic acids is 4. The van der Waals surface area contributed by atoms with Gasteiger partial charge in [0, 0.05) is 27.9 Å². The van der Waals surface area contributed by atoms with E-state index in [-0.39, 0.29) is 36.1 Å². The van der Waals surface area contributed by atoms with Crippen molar-refractivity contribution in [3.8, 4) is 5.75 Å². The van der Waals surface area contributed by atoms with Crippen molar-refractivity contribution in [2.45, 2.75) is 0 Å². The number of anilines is 2. The number of esters is 1. The minimum Gasteiger partial charge on any atom is -0.423 e. The van der Waals surface area contributed by atoms with Crippen LogP contribution in [0.3, 0.4) is 0 Å². The lowest BCUT2D eigenvalue weighted by Crippen LogP contribution is -2.41. The van der Waals surface area contributed by atoms with Gasteiger partial charge in [-0.25, -0.2) is 4.79 Å². The van der Waals surface area contributed by atoms with Crippen LogP contribution in [-0.4, -0.2) is 36.5 Å². The maximum Gasteiger partial charge on any atom is 0.331 e. The quantitative estimate of drug-likeness (QED) is 0.411. The van der Waals surface area contributed by atoms with E-state index in [9.17, 15) is 19.2 Å². The maximum atomic E-state index is 12.9. The van der Waals surface area contributed by atoms with Gasteiger partial charge < -0.3 is 15.0 Å². The number of rotatable bonds is 3. The second-order valence-corrected chi connectivity index (χ2v) is 7.31. The Morgan fingerprint density at radius 1 is 0.839 bits per heavy atom. The van der Waals surface area contributed by atoms with E-state index in [1.807, 2.05) is 0 Å². The van der Waals surface area contributed by atoms with Crippen LogP contribution in [0.2, 0.25) is 0 Å². The maximum absolute atomic E-state index is 12.9. The molecule has 0 bridgehead atoms. The normalized spacial score (nSPS) is 14.3. The van der Waals surface area contributed by atoms with Crippen molar-refractivity contribution >= 4 is 34.8 Å². The molecule has 152 valence electrons. The molecule has 0 saturated carbocycles. The third-order valence-electron chi connectivity index (χ3n) is 5.29. The van der Waals surface area contributed by atoms with E-state index in [2.05, 4.69) is 5.32 Å². The van der Waals surface area contributed by atoms with E-state index in [1.54, 1.807) is 65.6 Å². The van der Waals surface area contributed by atoms with Crippen molar-refractivity contribution in [1.29, 1.82) is 0 Å². The molecule has 1 amide bonds. The largest absolute Gasteiger partial charge is 0.423 e. The first-order valence-corrected chi connectivity index (χ1v) is 9.68. The van der Waals surface area contributed by atoms with E-state index < -0.39 is 5.97 Å². The molecule has 3 aromatic rings. The Morgan fingerprint density at radius 3 is 2.26 bits per heavy atom. The molecule has 7 nitrogen and oxygen atoms in total. The number of benzene rings is 3. The molecule has 0 fully saturated rings. The van der Waals surface area contributed by atoms with Crippen LogP contribution in [0, 0.1) is 0 Å². The highest BCUT2D eigenvalue weighted by atomic mass is 16.5. The highest BCUT2D eigenvalue weighted by molar-refractivity contribution is 6.28. The Hall–Kier alpha value is -4.26. The van der Waals surface area contributed by atoms with Crippen molar-refractivity contribution in [2.75, 3.05) is 23.3 Å². The van der Waals surface area contributed by atoms with Crippen molar-refractivity contribution in [3.05, 3.63) is 89.0 Å². The minimum atomic E-state index is -0.442. The summed E-state index contributed by atoms with van der Waals surface area (Å²) >= 11 is 0. The van der Waals surface area contributed by atoms with Crippen molar-refractivity contribution in [1.82, 2.24) is 0 Å². The van der Waals surface area contributed by atoms with Gasteiger partial charge in [0.05, 0.1) is 12.2 Å². The average molecular weight is 412 g/mol. The van der Waals surface area contributed by atoms with Crippen LogP contribution in [0.4, 0.5) is 11.4 Å². The Labute approximate surface area is 177 Å². The van der Waals surface area contributed by atoms with Crippen molar-refractivity contribution in [3.63, 3.8) is 0 Å². The molecule has 1 heterocycles. The van der Waals surface area contributed by atoms with Gasteiger partial charge in [0.2, 0.25) is 5.91 Å². The lowest BCUT2D eigenvalue weighted by atomic mass is 9.84. The summed E-state index contributed by atoms with van der Waals surface area (Å²) < 4.78 is 5.19. The predicted octanol–water partition coefficient (Wildman–Crippen LogP) is 2.83. The summed E-state index contributed by atoms with van der Waals surface area (Å²) in [6, 6.07) is 18.3. The number of nitrogens with one attached hydrogen (secondary N) is 1. The summed E-state index contributed by atoms with van der Waals surface area (Å²) in [5, 5.41) is 2.75. The Morgan fingerprint density at radius 2 is 1.48 bits per heavy atom. The predicted molar refractivity (Wildman–Crippen MR) is 113 cm³/mol. The third kappa shape index (κ3) is 3.26. The number of amides is 1. The zero-order valence-electron chi connectivity index (χ0n) is 16.3. The summed E-state index contributed by atoms with van der Waals surface area (Å²) in [6.45, 7) is -0.114. The molecule has 0 atom stereocenters. The standard InChI is InChI=1S/C24H16N2O5/c27-21(12-26-13-22(28)31-20-8-4-3-7-19(20)26)25-14-9-10-17-18(11-14)24(30)16-6-2-1-5-15(16)23(17)29/h1-11H,12-13H2,(H,25,27). The van der Waals surface area contributed by atoms with Gasteiger partial charge in [-0.2, -0.15) is 0 Å². The minimum absolute atomic E-state index is 0.0433. The van der Waals surface area contributed by atoms with Crippen molar-refractivity contribution in [2.24, 2.45) is 0 Å². The Kier molecular flexibility index (Phi) is 4.36. The number of hydrogen-bond acceptors (Lipinski definition) is 6. The first kappa shape index (κ1) is 18.7. The zero-order chi connectivity index (χ0) is 21.5. The first-order chi connectivity index (χ1) is 15.0. The number of nitrogens with zero attached hydrogens (tertiary/aromatic N) is 1. The molecule has 5 rings (SSSR count). The molecular formula is C24H16N2O5. The Bertz CT molecular complexity index is 1280. The van der Waals surface area contributed by atoms with Crippen LogP contribution in [0.15, 0.2) is 66.7 Å². The second-order valence-electron chi connectivity index (χ2n) is 7.31. The summed E-state index contributed by atoms with van der Waals surface area (Å²) in [4.78, 5) is 51.7. The second kappa shape index (κ2) is 7.21. The van der Waals surface area contributed by atoms with Crippen LogP contribution >= 0.6 is 0 Å². The van der Waals surface area contributed by atoms with E-state index in [0.29, 0.717) is 33.8 Å². The fraction of sp³-hybridized carbons (Fsp3) is 0.0833. The number of ketones is 2. The summed E-state index contributed by atoms with van der Waals surface area (Å²) in [6.07, 6.45) is 0. The monoisotopic (exact) mass is 412 g/mol. The lowest BCUT2D eigenvalue weighted by Gasteiger charge is -2.29. The highest BCUT2D eigenvalue weighted by Gasteiger charge is 2.30. The first-order valence-electron chi connectivity index (χ1n) is 9.68. The fourth-order valence-electron chi connectivity index (χ4n) is 3.89. The molecule has 0 saturated heterocycles. The van der Waals surface area contributed by atoms with Crippen LogP contribution in [0.25, 0.3) is 0 Å². The highest BCUT2D eigenvalue weighted by Crippen LogP contribution is 2.32. The third-order valence-corrected chi connectivity index (χ3v) is 5.29. The molecule has 0 unspecified atom stereocenters. The molecule has 3 aromatic carbocycles. The van der Waals surface area contributed by atoms with Gasteiger partial charge in [0.15, 0.2) is 17.3 Å². The molecule has 0 spiro atoms. The van der Waals surface area contributed by atoms with Gasteiger partial charge in [-0.15, -0.1) is 0 Å². The lowest BCUT2D eigenvalue weighted by molar-refractivity contribution is -0.133. The average Bonchev–Trinajstić information content (AvgIpc) is 2.77. The number of para-hydroxylation sites is 2. The summed E-state index contributed by atoms with van der Waals surface area (Å²) in [5.41, 5.74) is 2.36. The number of ether oxygens (including phenoxy) is 1. The summed E-state index contributed by atoms with van der Waals surface area (Å²) in [5.74, 6) is -0.869. The molecule has 31 heavy (non-hydrogen) atoms. The van der Waals surface area contributed by atoms with E-state index in [0.717, 1.165) is 0 Å². The van der Waals surface area contributed by atoms with Crippen LogP contribution in [-0.2, 0) is 9.59 Å². The van der Waals surface area contributed by atoms with Gasteiger partial charge in [0.1, 0.15) is 6.54 Å². The van der Waals surface area contributed by atoms with E-state index >= 15 is 0 Å². The van der Waals surface area contributed by atoms with E-state index in [4.69, 9.17) is 4.74 Å². The van der Waals surface area contributed by atoms with Crippen LogP contribution < -0.4 is 15.0 Å². The molecule has 2 aliphatic rings. The molecule has 1 N–H and O–H groups in total. The van der Waals surface area contributed by atoms with Gasteiger partial charge >= 0.3 is 5.97 Å². The Balaban J connectivity index is 1.37. The van der Waals surface area contributed by atoms with Gasteiger partial charge in [0.25, 0.3) is 0 Å². The van der Waals surface area contributed by atoms with Gasteiger partial charge in [-0.05, 0) is 30.3 Å². The van der Waals surface area contributed by atoms with Gasteiger partial charge in [-0.3, -0.25) is 14.4 Å². The fourth-order valence-corrected chi connectivity index (χ4v) is 3.89. The molecule has 0 radical (unpaired) electrons. The van der Waals surface area contributed by atoms with E-state index in [1.165, 1.54) is 6.07 Å². The van der Waals surface area contributed by atoms with Gasteiger partial charge in [-0.1, -0.05) is 36.4 Å². The molecule has 1 aliphatic heterocycles. The zero-order valence-corrected chi connectivity index (χ0v) is 16.3. The van der Waals surface area contributed by atoms with Crippen LogP contribution in [0.5, 0.6) is 5.75 Å². The SMILES string of the molecule is O=C(CN1CC(=O)Oc2ccccc21)Nc1ccc2c(c1)C(=O)c1ccccc1C2=O. The molecule has 1 aliphatic carbocycles. The van der Waals surface area contributed by atoms with Crippen molar-refractivity contribution < 1.29 is 23.9 Å². The molecule has 0 aromatic heterocycles. The molecule has 7 heteroatoms. The van der Waals surface area contributed by atoms with Crippen LogP contribution in [0.1, 0.15) is 31.8 Å².